The summed E-state index contributed by atoms with van der Waals surface area (Å²) in [5.41, 5.74) is 15.3. The van der Waals surface area contributed by atoms with E-state index in [0.29, 0.717) is 5.92 Å². The van der Waals surface area contributed by atoms with E-state index in [4.69, 9.17) is 11.3 Å². The molecule has 4 aromatic carbocycles. The number of aryl methyl sites for hydroxylation is 1. The molecule has 0 amide bonds. The Morgan fingerprint density at radius 3 is 2.43 bits per heavy atom. The number of hydrogen-bond donors (Lipinski definition) is 0. The third-order valence-corrected chi connectivity index (χ3v) is 12.3. The lowest BCUT2D eigenvalue weighted by Gasteiger charge is -2.31. The third-order valence-electron chi connectivity index (χ3n) is 12.3. The molecule has 0 radical (unpaired) electrons. The number of pyridine rings is 2. The van der Waals surface area contributed by atoms with Crippen molar-refractivity contribution in [3.63, 3.8) is 0 Å². The average Bonchev–Trinajstić information content (AvgIpc) is 3.68. The number of methoxy groups -OCH3 is 1. The van der Waals surface area contributed by atoms with Gasteiger partial charge in [-0.2, -0.15) is 9.13 Å². The molecular weight excluding hydrogens is 647 g/mol. The second kappa shape index (κ2) is 11.6. The first kappa shape index (κ1) is 32.0. The first-order valence-electron chi connectivity index (χ1n) is 19.0. The minimum atomic E-state index is 0.0385. The fraction of sp³-hybridized carbons (Fsp3) is 0.224. The molecule has 0 fully saturated rings. The van der Waals surface area contributed by atoms with Crippen molar-refractivity contribution >= 4 is 43.8 Å². The van der Waals surface area contributed by atoms with Crippen LogP contribution in [0.2, 0.25) is 0 Å². The highest BCUT2D eigenvalue weighted by Crippen LogP contribution is 2.48. The van der Waals surface area contributed by atoms with Crippen LogP contribution in [0.25, 0.3) is 66.3 Å². The van der Waals surface area contributed by atoms with Gasteiger partial charge in [-0.15, -0.1) is 6.58 Å². The standard InChI is InChI=1S/C49H45N3O/c1-7-14-36-46(53-6)29-39-38-27-32(49(3,4)5)20-22-43(38)52-45-26-31-19-21-35-33-15-8-9-16-34(33)41-17-11-13-24-51(41)44(35)25-30(2)50-23-12-10-18-42(50)37(31)28-40(45)47(36)48(39)52/h7-13,15-18,20,22-24,26-29,35,44H,1-2,14,19,21,25H2,3-6H3/q+2. The maximum absolute atomic E-state index is 6.18. The predicted molar refractivity (Wildman–Crippen MR) is 218 cm³/mol. The van der Waals surface area contributed by atoms with E-state index in [1.807, 2.05) is 6.08 Å². The minimum absolute atomic E-state index is 0.0385. The fourth-order valence-electron chi connectivity index (χ4n) is 9.80. The van der Waals surface area contributed by atoms with Crippen molar-refractivity contribution in [1.82, 2.24) is 4.40 Å². The maximum atomic E-state index is 6.18. The summed E-state index contributed by atoms with van der Waals surface area (Å²) in [6.45, 7) is 15.8. The summed E-state index contributed by atoms with van der Waals surface area (Å²) in [6, 6.07) is 36.8. The van der Waals surface area contributed by atoms with Gasteiger partial charge in [0.2, 0.25) is 11.4 Å². The van der Waals surface area contributed by atoms with Crippen molar-refractivity contribution in [1.29, 1.82) is 0 Å². The maximum Gasteiger partial charge on any atom is 0.218 e. The Labute approximate surface area is 311 Å². The number of fused-ring (bicyclic) bond motifs is 15. The smallest absolute Gasteiger partial charge is 0.218 e. The van der Waals surface area contributed by atoms with Crippen molar-refractivity contribution in [2.75, 3.05) is 7.11 Å². The van der Waals surface area contributed by atoms with Gasteiger partial charge in [-0.3, -0.25) is 0 Å². The van der Waals surface area contributed by atoms with E-state index in [0.717, 1.165) is 37.1 Å². The second-order valence-electron chi connectivity index (χ2n) is 16.2. The van der Waals surface area contributed by atoms with Crippen molar-refractivity contribution in [2.24, 2.45) is 0 Å². The van der Waals surface area contributed by atoms with Crippen LogP contribution in [0.15, 0.2) is 129 Å². The van der Waals surface area contributed by atoms with Gasteiger partial charge >= 0.3 is 0 Å². The lowest BCUT2D eigenvalue weighted by molar-refractivity contribution is -0.720. The topological polar surface area (TPSA) is 21.4 Å². The molecule has 0 saturated heterocycles. The van der Waals surface area contributed by atoms with E-state index in [9.17, 15) is 0 Å². The Balaban J connectivity index is 1.28. The van der Waals surface area contributed by atoms with E-state index in [2.05, 4.69) is 150 Å². The summed E-state index contributed by atoms with van der Waals surface area (Å²) in [7, 11) is 1.80. The van der Waals surface area contributed by atoms with Gasteiger partial charge in [0.1, 0.15) is 5.75 Å². The normalized spacial score (nSPS) is 17.0. The third kappa shape index (κ3) is 4.61. The zero-order valence-corrected chi connectivity index (χ0v) is 31.1. The van der Waals surface area contributed by atoms with Crippen LogP contribution < -0.4 is 13.9 Å². The molecule has 0 N–H and O–H groups in total. The Kier molecular flexibility index (Phi) is 7.01. The molecule has 4 heteroatoms. The highest BCUT2D eigenvalue weighted by molar-refractivity contribution is 6.25. The quantitative estimate of drug-likeness (QED) is 0.133. The molecule has 8 aromatic rings. The summed E-state index contributed by atoms with van der Waals surface area (Å²) < 4.78 is 13.6. The molecule has 6 heterocycles. The van der Waals surface area contributed by atoms with Crippen LogP contribution in [0.4, 0.5) is 0 Å². The van der Waals surface area contributed by atoms with Gasteiger partial charge < -0.3 is 9.14 Å². The van der Waals surface area contributed by atoms with E-state index >= 15 is 0 Å². The molecule has 4 nitrogen and oxygen atoms in total. The molecule has 0 aliphatic carbocycles. The predicted octanol–water partition coefficient (Wildman–Crippen LogP) is 10.9. The van der Waals surface area contributed by atoms with Crippen LogP contribution in [0.3, 0.4) is 0 Å². The molecule has 2 aliphatic rings. The number of ether oxygens (including phenoxy) is 1. The van der Waals surface area contributed by atoms with Crippen LogP contribution in [-0.4, -0.2) is 11.5 Å². The van der Waals surface area contributed by atoms with Gasteiger partial charge in [0, 0.05) is 62.9 Å². The highest BCUT2D eigenvalue weighted by atomic mass is 16.5. The summed E-state index contributed by atoms with van der Waals surface area (Å²) in [5, 5.41) is 5.03. The van der Waals surface area contributed by atoms with Crippen molar-refractivity contribution < 1.29 is 13.9 Å². The molecule has 0 spiro atoms. The molecule has 2 unspecified atom stereocenters. The molecule has 53 heavy (non-hydrogen) atoms. The van der Waals surface area contributed by atoms with E-state index in [-0.39, 0.29) is 11.5 Å². The zero-order valence-electron chi connectivity index (χ0n) is 31.1. The summed E-state index contributed by atoms with van der Waals surface area (Å²) in [6.07, 6.45) is 10.1. The molecule has 4 aromatic heterocycles. The minimum Gasteiger partial charge on any atom is -0.496 e. The Bertz CT molecular complexity index is 2810. The fourth-order valence-corrected chi connectivity index (χ4v) is 9.80. The van der Waals surface area contributed by atoms with Gasteiger partial charge in [-0.25, -0.2) is 0 Å². The number of aromatic nitrogens is 3. The molecule has 2 atom stereocenters. The number of nitrogens with zero attached hydrogens (tertiary/aromatic N) is 3. The first-order chi connectivity index (χ1) is 25.8. The zero-order chi connectivity index (χ0) is 36.2. The van der Waals surface area contributed by atoms with Gasteiger partial charge in [-0.05, 0) is 96.5 Å². The summed E-state index contributed by atoms with van der Waals surface area (Å²) >= 11 is 0. The lowest BCUT2D eigenvalue weighted by Crippen LogP contribution is -2.49. The number of benzene rings is 4. The van der Waals surface area contributed by atoms with Crippen LogP contribution in [-0.2, 0) is 18.3 Å². The second-order valence-corrected chi connectivity index (χ2v) is 16.2. The largest absolute Gasteiger partial charge is 0.496 e. The van der Waals surface area contributed by atoms with Crippen molar-refractivity contribution in [2.45, 2.75) is 63.8 Å². The molecule has 0 saturated carbocycles. The molecule has 2 aliphatic heterocycles. The van der Waals surface area contributed by atoms with E-state index in [1.165, 1.54) is 82.9 Å². The van der Waals surface area contributed by atoms with Crippen molar-refractivity contribution in [3.8, 4) is 28.3 Å². The Morgan fingerprint density at radius 1 is 0.830 bits per heavy atom. The van der Waals surface area contributed by atoms with Crippen LogP contribution >= 0.6 is 0 Å². The summed E-state index contributed by atoms with van der Waals surface area (Å²) in [5.74, 6) is 1.26. The Hall–Kier alpha value is -5.74. The lowest BCUT2D eigenvalue weighted by atomic mass is 9.77. The number of allylic oxidation sites excluding steroid dienone is 2. The number of hydrogen-bond acceptors (Lipinski definition) is 1. The number of rotatable bonds is 3. The molecular formula is C49H45N3O+2. The molecule has 260 valence electrons. The SMILES string of the molecule is C=CCc1c(OC)cc2c3cc(C(C)(C)C)ccc3n3c4cc5c(cc4c1c23)-c1cccc[n+]1C(=C)CC1C(CC5)c2ccccc2-c2cccc[n+]21. The van der Waals surface area contributed by atoms with Gasteiger partial charge in [-0.1, -0.05) is 51.1 Å². The van der Waals surface area contributed by atoms with Crippen LogP contribution in [0.1, 0.15) is 67.8 Å². The monoisotopic (exact) mass is 691 g/mol. The van der Waals surface area contributed by atoms with Gasteiger partial charge in [0.15, 0.2) is 24.1 Å². The van der Waals surface area contributed by atoms with Gasteiger partial charge in [0.25, 0.3) is 0 Å². The van der Waals surface area contributed by atoms with Gasteiger partial charge in [0.05, 0.1) is 35.6 Å². The average molecular weight is 692 g/mol. The first-order valence-corrected chi connectivity index (χ1v) is 19.0. The molecule has 10 rings (SSSR count). The van der Waals surface area contributed by atoms with E-state index in [1.54, 1.807) is 7.11 Å². The van der Waals surface area contributed by atoms with E-state index < -0.39 is 0 Å². The van der Waals surface area contributed by atoms with Crippen molar-refractivity contribution in [3.05, 3.63) is 151 Å². The highest BCUT2D eigenvalue weighted by Gasteiger charge is 2.42. The Morgan fingerprint density at radius 2 is 1.62 bits per heavy atom. The van der Waals surface area contributed by atoms with Crippen LogP contribution in [0, 0.1) is 0 Å². The summed E-state index contributed by atoms with van der Waals surface area (Å²) in [4.78, 5) is 0. The molecule has 0 bridgehead atoms. The van der Waals surface area contributed by atoms with Crippen LogP contribution in [0.5, 0.6) is 5.75 Å².